The molecule has 1 saturated carbocycles. The minimum atomic E-state index is -0.819. The predicted octanol–water partition coefficient (Wildman–Crippen LogP) is 2.84. The highest BCUT2D eigenvalue weighted by atomic mass is 16.4. The maximum atomic E-state index is 11.2. The lowest BCUT2D eigenvalue weighted by Crippen LogP contribution is -2.36. The molecule has 0 spiro atoms. The number of carboxylic acids is 1. The summed E-state index contributed by atoms with van der Waals surface area (Å²) >= 11 is 0. The SMILES string of the molecule is CC(C)[C@H]1CC[C@@]2(C)[C@@H]1C=C(C(=O)O)CC[C@@H]2O. The number of rotatable bonds is 2. The van der Waals surface area contributed by atoms with Crippen molar-refractivity contribution in [1.82, 2.24) is 0 Å². The van der Waals surface area contributed by atoms with Gasteiger partial charge in [-0.25, -0.2) is 4.79 Å². The highest BCUT2D eigenvalue weighted by molar-refractivity contribution is 5.86. The summed E-state index contributed by atoms with van der Waals surface area (Å²) in [5, 5.41) is 19.6. The quantitative estimate of drug-likeness (QED) is 0.794. The Hall–Kier alpha value is -0.830. The van der Waals surface area contributed by atoms with E-state index < -0.39 is 5.97 Å². The molecular formula is C15H24O3. The predicted molar refractivity (Wildman–Crippen MR) is 70.1 cm³/mol. The molecular weight excluding hydrogens is 228 g/mol. The number of carbonyl (C=O) groups is 1. The molecule has 0 aromatic rings. The van der Waals surface area contributed by atoms with E-state index in [0.29, 0.717) is 30.3 Å². The summed E-state index contributed by atoms with van der Waals surface area (Å²) in [5.74, 6) is 0.424. The van der Waals surface area contributed by atoms with E-state index in [9.17, 15) is 15.0 Å². The average Bonchev–Trinajstić information content (AvgIpc) is 2.56. The molecule has 18 heavy (non-hydrogen) atoms. The van der Waals surface area contributed by atoms with Crippen LogP contribution in [0.1, 0.15) is 46.5 Å². The van der Waals surface area contributed by atoms with Gasteiger partial charge in [-0.05, 0) is 43.4 Å². The number of aliphatic hydroxyl groups is 1. The summed E-state index contributed by atoms with van der Waals surface area (Å²) in [6.07, 6.45) is 4.75. The van der Waals surface area contributed by atoms with Crippen molar-refractivity contribution in [3.8, 4) is 0 Å². The van der Waals surface area contributed by atoms with Gasteiger partial charge in [-0.2, -0.15) is 0 Å². The van der Waals surface area contributed by atoms with Gasteiger partial charge >= 0.3 is 5.97 Å². The molecule has 0 bridgehead atoms. The van der Waals surface area contributed by atoms with E-state index in [4.69, 9.17) is 0 Å². The van der Waals surface area contributed by atoms with Crippen molar-refractivity contribution in [3.05, 3.63) is 11.6 Å². The van der Waals surface area contributed by atoms with Gasteiger partial charge in [-0.1, -0.05) is 26.8 Å². The van der Waals surface area contributed by atoms with E-state index in [0.717, 1.165) is 12.8 Å². The Morgan fingerprint density at radius 2 is 2.11 bits per heavy atom. The Morgan fingerprint density at radius 1 is 1.44 bits per heavy atom. The van der Waals surface area contributed by atoms with Gasteiger partial charge in [-0.3, -0.25) is 0 Å². The molecule has 2 aliphatic carbocycles. The van der Waals surface area contributed by atoms with Gasteiger partial charge in [0.1, 0.15) is 0 Å². The van der Waals surface area contributed by atoms with Gasteiger partial charge in [0.25, 0.3) is 0 Å². The third-order valence-electron chi connectivity index (χ3n) is 5.20. The van der Waals surface area contributed by atoms with Gasteiger partial charge in [0.05, 0.1) is 6.10 Å². The number of carboxylic acid groups (broad SMARTS) is 1. The minimum absolute atomic E-state index is 0.133. The second kappa shape index (κ2) is 4.69. The van der Waals surface area contributed by atoms with Crippen molar-refractivity contribution < 1.29 is 15.0 Å². The molecule has 1 fully saturated rings. The van der Waals surface area contributed by atoms with Gasteiger partial charge in [0.2, 0.25) is 0 Å². The van der Waals surface area contributed by atoms with Crippen LogP contribution < -0.4 is 0 Å². The molecule has 0 aromatic heterocycles. The normalized spacial score (nSPS) is 40.3. The highest BCUT2D eigenvalue weighted by Gasteiger charge is 2.50. The van der Waals surface area contributed by atoms with E-state index in [-0.39, 0.29) is 17.4 Å². The van der Waals surface area contributed by atoms with E-state index in [2.05, 4.69) is 20.8 Å². The first-order chi connectivity index (χ1) is 8.36. The molecule has 0 amide bonds. The van der Waals surface area contributed by atoms with Crippen LogP contribution in [0.2, 0.25) is 0 Å². The fourth-order valence-corrected chi connectivity index (χ4v) is 3.86. The van der Waals surface area contributed by atoms with Crippen LogP contribution >= 0.6 is 0 Å². The summed E-state index contributed by atoms with van der Waals surface area (Å²) in [6.45, 7) is 6.52. The maximum absolute atomic E-state index is 11.2. The second-order valence-electron chi connectivity index (χ2n) is 6.53. The van der Waals surface area contributed by atoms with Crippen LogP contribution in [0, 0.1) is 23.2 Å². The number of allylic oxidation sites excluding steroid dienone is 1. The van der Waals surface area contributed by atoms with Crippen molar-refractivity contribution in [2.24, 2.45) is 23.2 Å². The second-order valence-corrected chi connectivity index (χ2v) is 6.53. The summed E-state index contributed by atoms with van der Waals surface area (Å²) in [6, 6.07) is 0. The first-order valence-electron chi connectivity index (χ1n) is 6.98. The zero-order valence-corrected chi connectivity index (χ0v) is 11.5. The van der Waals surface area contributed by atoms with Crippen LogP contribution in [0.15, 0.2) is 11.6 Å². The maximum Gasteiger partial charge on any atom is 0.331 e. The van der Waals surface area contributed by atoms with Crippen LogP contribution in [0.3, 0.4) is 0 Å². The van der Waals surface area contributed by atoms with Crippen LogP contribution in [0.4, 0.5) is 0 Å². The van der Waals surface area contributed by atoms with Gasteiger partial charge in [-0.15, -0.1) is 0 Å². The molecule has 3 nitrogen and oxygen atoms in total. The van der Waals surface area contributed by atoms with Gasteiger partial charge < -0.3 is 10.2 Å². The smallest absolute Gasteiger partial charge is 0.331 e. The van der Waals surface area contributed by atoms with Crippen molar-refractivity contribution in [1.29, 1.82) is 0 Å². The van der Waals surface area contributed by atoms with E-state index >= 15 is 0 Å². The fourth-order valence-electron chi connectivity index (χ4n) is 3.86. The van der Waals surface area contributed by atoms with Crippen LogP contribution in [0.25, 0.3) is 0 Å². The molecule has 0 heterocycles. The van der Waals surface area contributed by atoms with E-state index in [1.165, 1.54) is 0 Å². The summed E-state index contributed by atoms with van der Waals surface area (Å²) in [7, 11) is 0. The Labute approximate surface area is 109 Å². The van der Waals surface area contributed by atoms with Gasteiger partial charge in [0, 0.05) is 11.0 Å². The molecule has 4 atom stereocenters. The monoisotopic (exact) mass is 252 g/mol. The molecule has 0 aromatic carbocycles. The largest absolute Gasteiger partial charge is 0.478 e. The van der Waals surface area contributed by atoms with Crippen LogP contribution in [0.5, 0.6) is 0 Å². The summed E-state index contributed by atoms with van der Waals surface area (Å²) in [5.41, 5.74) is 0.363. The zero-order chi connectivity index (χ0) is 13.5. The molecule has 0 saturated heterocycles. The lowest BCUT2D eigenvalue weighted by Gasteiger charge is -2.36. The third kappa shape index (κ3) is 2.09. The molecule has 2 aliphatic rings. The Morgan fingerprint density at radius 3 is 2.67 bits per heavy atom. The van der Waals surface area contributed by atoms with Crippen molar-refractivity contribution in [2.45, 2.75) is 52.6 Å². The lowest BCUT2D eigenvalue weighted by molar-refractivity contribution is -0.132. The highest BCUT2D eigenvalue weighted by Crippen LogP contribution is 2.54. The first-order valence-corrected chi connectivity index (χ1v) is 6.98. The molecule has 0 radical (unpaired) electrons. The number of aliphatic hydroxyl groups excluding tert-OH is 1. The van der Waals surface area contributed by atoms with E-state index in [1.807, 2.05) is 6.08 Å². The minimum Gasteiger partial charge on any atom is -0.478 e. The molecule has 0 aliphatic heterocycles. The van der Waals surface area contributed by atoms with Crippen LogP contribution in [-0.4, -0.2) is 22.3 Å². The number of hydrogen-bond donors (Lipinski definition) is 2. The van der Waals surface area contributed by atoms with Crippen molar-refractivity contribution in [2.75, 3.05) is 0 Å². The zero-order valence-electron chi connectivity index (χ0n) is 11.5. The number of aliphatic carboxylic acids is 1. The van der Waals surface area contributed by atoms with E-state index in [1.54, 1.807) is 0 Å². The van der Waals surface area contributed by atoms with Gasteiger partial charge in [0.15, 0.2) is 0 Å². The Balaban J connectivity index is 2.39. The van der Waals surface area contributed by atoms with Crippen molar-refractivity contribution in [3.63, 3.8) is 0 Å². The topological polar surface area (TPSA) is 57.5 Å². The number of fused-ring (bicyclic) bond motifs is 1. The summed E-state index contributed by atoms with van der Waals surface area (Å²) in [4.78, 5) is 11.2. The number of hydrogen-bond acceptors (Lipinski definition) is 2. The molecule has 3 heteroatoms. The molecule has 102 valence electrons. The third-order valence-corrected chi connectivity index (χ3v) is 5.20. The molecule has 2 rings (SSSR count). The molecule has 2 N–H and O–H groups in total. The Kier molecular flexibility index (Phi) is 3.54. The standard InChI is InChI=1S/C15H24O3/c1-9(2)11-6-7-15(3)12(11)8-10(14(17)18)4-5-13(15)16/h8-9,11-13,16H,4-7H2,1-3H3,(H,17,18)/t11-,12-,13+,15+/m1/s1. The summed E-state index contributed by atoms with van der Waals surface area (Å²) < 4.78 is 0. The fraction of sp³-hybridized carbons (Fsp3) is 0.800. The van der Waals surface area contributed by atoms with Crippen LogP contribution in [-0.2, 0) is 4.79 Å². The Bertz CT molecular complexity index is 372. The average molecular weight is 252 g/mol. The van der Waals surface area contributed by atoms with Crippen molar-refractivity contribution >= 4 is 5.97 Å². The molecule has 0 unspecified atom stereocenters. The lowest BCUT2D eigenvalue weighted by atomic mass is 9.71. The first kappa shape index (κ1) is 13.6.